The van der Waals surface area contributed by atoms with Crippen molar-refractivity contribution in [3.05, 3.63) is 33.2 Å². The Balaban J connectivity index is 2.85. The summed E-state index contributed by atoms with van der Waals surface area (Å²) >= 11 is 5.79. The molecule has 0 fully saturated rings. The Bertz CT molecular complexity index is 306. The molecule has 12 heavy (non-hydrogen) atoms. The van der Waals surface area contributed by atoms with Crippen molar-refractivity contribution in [1.29, 1.82) is 0 Å². The van der Waals surface area contributed by atoms with E-state index in [0.29, 0.717) is 5.02 Å². The molecule has 1 heterocycles. The second kappa shape index (κ2) is 4.31. The van der Waals surface area contributed by atoms with Crippen LogP contribution in [0.2, 0.25) is 5.02 Å². The van der Waals surface area contributed by atoms with Crippen LogP contribution in [0, 0.1) is 0 Å². The fraction of sp³-hybridized carbons (Fsp3) is 0.444. The molecule has 0 aliphatic rings. The smallest absolute Gasteiger partial charge is 0.266 e. The third-order valence-electron chi connectivity index (χ3n) is 1.78. The van der Waals surface area contributed by atoms with Crippen LogP contribution in [0.1, 0.15) is 25.3 Å². The summed E-state index contributed by atoms with van der Waals surface area (Å²) in [6.45, 7) is 2.11. The second-order valence-electron chi connectivity index (χ2n) is 2.75. The fourth-order valence-electron chi connectivity index (χ4n) is 1.06. The molecule has 2 nitrogen and oxygen atoms in total. The molecule has 1 aromatic rings. The van der Waals surface area contributed by atoms with Crippen molar-refractivity contribution in [1.82, 2.24) is 4.98 Å². The Morgan fingerprint density at radius 1 is 1.58 bits per heavy atom. The standard InChI is InChI=1S/C9H12ClNO/c1-2-3-4-7-5-6-11-9(12)8(7)10/h5-6H,2-4H2,1H3,(H,11,12). The van der Waals surface area contributed by atoms with Crippen molar-refractivity contribution >= 4 is 11.6 Å². The van der Waals surface area contributed by atoms with E-state index >= 15 is 0 Å². The van der Waals surface area contributed by atoms with Gasteiger partial charge in [-0.25, -0.2) is 0 Å². The van der Waals surface area contributed by atoms with Gasteiger partial charge in [0.1, 0.15) is 5.02 Å². The van der Waals surface area contributed by atoms with E-state index in [9.17, 15) is 4.79 Å². The maximum Gasteiger partial charge on any atom is 0.266 e. The molecule has 1 N–H and O–H groups in total. The number of aryl methyl sites for hydroxylation is 1. The summed E-state index contributed by atoms with van der Waals surface area (Å²) in [7, 11) is 0. The summed E-state index contributed by atoms with van der Waals surface area (Å²) in [6.07, 6.45) is 4.71. The highest BCUT2D eigenvalue weighted by atomic mass is 35.5. The van der Waals surface area contributed by atoms with Gasteiger partial charge in [-0.15, -0.1) is 0 Å². The van der Waals surface area contributed by atoms with Gasteiger partial charge in [0.05, 0.1) is 0 Å². The van der Waals surface area contributed by atoms with Crippen molar-refractivity contribution in [3.8, 4) is 0 Å². The number of H-pyrrole nitrogens is 1. The average molecular weight is 186 g/mol. The Labute approximate surface area is 76.6 Å². The highest BCUT2D eigenvalue weighted by molar-refractivity contribution is 6.31. The third-order valence-corrected chi connectivity index (χ3v) is 2.19. The van der Waals surface area contributed by atoms with E-state index in [-0.39, 0.29) is 5.56 Å². The van der Waals surface area contributed by atoms with Crippen molar-refractivity contribution in [2.24, 2.45) is 0 Å². The minimum atomic E-state index is -0.190. The summed E-state index contributed by atoms with van der Waals surface area (Å²) in [5, 5.41) is 0.339. The zero-order valence-corrected chi connectivity index (χ0v) is 7.82. The molecule has 66 valence electrons. The number of aromatic nitrogens is 1. The molecule has 0 aliphatic heterocycles. The van der Waals surface area contributed by atoms with E-state index in [1.54, 1.807) is 6.20 Å². The molecule has 0 bridgehead atoms. The predicted octanol–water partition coefficient (Wildman–Crippen LogP) is 2.37. The largest absolute Gasteiger partial charge is 0.328 e. The van der Waals surface area contributed by atoms with Gasteiger partial charge in [-0.2, -0.15) is 0 Å². The van der Waals surface area contributed by atoms with Crippen LogP contribution in [0.15, 0.2) is 17.1 Å². The van der Waals surface area contributed by atoms with Crippen LogP contribution in [0.25, 0.3) is 0 Å². The minimum absolute atomic E-state index is 0.190. The summed E-state index contributed by atoms with van der Waals surface area (Å²) in [5.74, 6) is 0. The van der Waals surface area contributed by atoms with E-state index in [2.05, 4.69) is 11.9 Å². The molecule has 0 atom stereocenters. The first-order chi connectivity index (χ1) is 5.75. The molecular weight excluding hydrogens is 174 g/mol. The predicted molar refractivity (Wildman–Crippen MR) is 50.7 cm³/mol. The maximum atomic E-state index is 11.0. The highest BCUT2D eigenvalue weighted by Gasteiger charge is 2.01. The molecule has 0 aromatic carbocycles. The van der Waals surface area contributed by atoms with Crippen LogP contribution in [0.4, 0.5) is 0 Å². The first-order valence-electron chi connectivity index (χ1n) is 4.11. The van der Waals surface area contributed by atoms with Gasteiger partial charge in [-0.05, 0) is 24.5 Å². The van der Waals surface area contributed by atoms with Crippen LogP contribution in [0.5, 0.6) is 0 Å². The fourth-order valence-corrected chi connectivity index (χ4v) is 1.27. The molecule has 0 aliphatic carbocycles. The van der Waals surface area contributed by atoms with Gasteiger partial charge in [-0.1, -0.05) is 24.9 Å². The molecule has 0 amide bonds. The zero-order valence-electron chi connectivity index (χ0n) is 7.06. The van der Waals surface area contributed by atoms with Gasteiger partial charge in [-0.3, -0.25) is 4.79 Å². The van der Waals surface area contributed by atoms with Gasteiger partial charge in [0, 0.05) is 6.20 Å². The lowest BCUT2D eigenvalue weighted by atomic mass is 10.1. The summed E-state index contributed by atoms with van der Waals surface area (Å²) in [5.41, 5.74) is 0.757. The molecule has 0 spiro atoms. The summed E-state index contributed by atoms with van der Waals surface area (Å²) in [4.78, 5) is 13.5. The van der Waals surface area contributed by atoms with E-state index in [4.69, 9.17) is 11.6 Å². The van der Waals surface area contributed by atoms with Crippen LogP contribution < -0.4 is 5.56 Å². The molecular formula is C9H12ClNO. The second-order valence-corrected chi connectivity index (χ2v) is 3.13. The minimum Gasteiger partial charge on any atom is -0.328 e. The normalized spacial score (nSPS) is 10.2. The number of rotatable bonds is 3. The quantitative estimate of drug-likeness (QED) is 0.771. The third kappa shape index (κ3) is 2.11. The number of pyridine rings is 1. The summed E-state index contributed by atoms with van der Waals surface area (Å²) in [6, 6.07) is 1.86. The Morgan fingerprint density at radius 3 is 3.00 bits per heavy atom. The van der Waals surface area contributed by atoms with Gasteiger partial charge in [0.25, 0.3) is 5.56 Å². The number of halogens is 1. The lowest BCUT2D eigenvalue weighted by Crippen LogP contribution is -2.07. The number of nitrogens with one attached hydrogen (secondary N) is 1. The van der Waals surface area contributed by atoms with Gasteiger partial charge in [0.2, 0.25) is 0 Å². The summed E-state index contributed by atoms with van der Waals surface area (Å²) < 4.78 is 0. The van der Waals surface area contributed by atoms with Crippen LogP contribution in [-0.2, 0) is 6.42 Å². The Morgan fingerprint density at radius 2 is 2.33 bits per heavy atom. The zero-order chi connectivity index (χ0) is 8.97. The van der Waals surface area contributed by atoms with Crippen molar-refractivity contribution in [3.63, 3.8) is 0 Å². The maximum absolute atomic E-state index is 11.0. The van der Waals surface area contributed by atoms with Crippen molar-refractivity contribution in [2.75, 3.05) is 0 Å². The number of hydrogen-bond acceptors (Lipinski definition) is 1. The first-order valence-corrected chi connectivity index (χ1v) is 4.49. The lowest BCUT2D eigenvalue weighted by Gasteiger charge is -2.00. The topological polar surface area (TPSA) is 32.9 Å². The molecule has 1 aromatic heterocycles. The van der Waals surface area contributed by atoms with Crippen LogP contribution in [0.3, 0.4) is 0 Å². The molecule has 3 heteroatoms. The first kappa shape index (κ1) is 9.33. The van der Waals surface area contributed by atoms with Crippen LogP contribution >= 0.6 is 11.6 Å². The number of hydrogen-bond donors (Lipinski definition) is 1. The Hall–Kier alpha value is -0.760. The molecule has 0 radical (unpaired) electrons. The van der Waals surface area contributed by atoms with Crippen molar-refractivity contribution in [2.45, 2.75) is 26.2 Å². The Kier molecular flexibility index (Phi) is 3.35. The lowest BCUT2D eigenvalue weighted by molar-refractivity contribution is 0.793. The molecule has 0 unspecified atom stereocenters. The average Bonchev–Trinajstić information content (AvgIpc) is 2.08. The van der Waals surface area contributed by atoms with Gasteiger partial charge >= 0.3 is 0 Å². The van der Waals surface area contributed by atoms with Crippen molar-refractivity contribution < 1.29 is 0 Å². The molecule has 0 saturated heterocycles. The SMILES string of the molecule is CCCCc1cc[nH]c(=O)c1Cl. The van der Waals surface area contributed by atoms with E-state index in [1.807, 2.05) is 6.07 Å². The monoisotopic (exact) mass is 185 g/mol. The molecule has 1 rings (SSSR count). The number of unbranched alkanes of at least 4 members (excludes halogenated alkanes) is 1. The van der Waals surface area contributed by atoms with Gasteiger partial charge in [0.15, 0.2) is 0 Å². The van der Waals surface area contributed by atoms with E-state index < -0.39 is 0 Å². The van der Waals surface area contributed by atoms with E-state index in [0.717, 1.165) is 24.8 Å². The number of aromatic amines is 1. The molecule has 0 saturated carbocycles. The van der Waals surface area contributed by atoms with E-state index in [1.165, 1.54) is 0 Å². The van der Waals surface area contributed by atoms with Gasteiger partial charge < -0.3 is 4.98 Å². The van der Waals surface area contributed by atoms with Crippen LogP contribution in [-0.4, -0.2) is 4.98 Å². The highest BCUT2D eigenvalue weighted by Crippen LogP contribution is 2.11.